The highest BCUT2D eigenvalue weighted by atomic mass is 16.4. The van der Waals surface area contributed by atoms with Gasteiger partial charge in [0.25, 0.3) is 0 Å². The minimum Gasteiger partial charge on any atom is -0.480 e. The Labute approximate surface area is 111 Å². The van der Waals surface area contributed by atoms with E-state index in [9.17, 15) is 19.5 Å². The summed E-state index contributed by atoms with van der Waals surface area (Å²) >= 11 is 0. The summed E-state index contributed by atoms with van der Waals surface area (Å²) in [5.41, 5.74) is 0. The molecule has 0 saturated carbocycles. The molecule has 0 bridgehead atoms. The molecule has 2 amide bonds. The van der Waals surface area contributed by atoms with E-state index in [2.05, 4.69) is 5.32 Å². The highest BCUT2D eigenvalue weighted by molar-refractivity contribution is 5.87. The molecule has 2 heterocycles. The fourth-order valence-corrected chi connectivity index (χ4v) is 2.64. The van der Waals surface area contributed by atoms with Crippen molar-refractivity contribution in [3.05, 3.63) is 0 Å². The number of hydrogen-bond donors (Lipinski definition) is 2. The Bertz CT molecular complexity index is 392. The number of hydrogen-bond acceptors (Lipinski definition) is 4. The van der Waals surface area contributed by atoms with Gasteiger partial charge in [0, 0.05) is 19.6 Å². The van der Waals surface area contributed by atoms with E-state index in [0.717, 1.165) is 25.9 Å². The molecule has 106 valence electrons. The summed E-state index contributed by atoms with van der Waals surface area (Å²) < 4.78 is 0. The van der Waals surface area contributed by atoms with Gasteiger partial charge in [-0.25, -0.2) is 0 Å². The quantitative estimate of drug-likeness (QED) is 0.677. The molecule has 0 aliphatic carbocycles. The second-order valence-electron chi connectivity index (χ2n) is 5.04. The van der Waals surface area contributed by atoms with Crippen molar-refractivity contribution in [3.63, 3.8) is 0 Å². The highest BCUT2D eigenvalue weighted by Crippen LogP contribution is 2.15. The van der Waals surface area contributed by atoms with Gasteiger partial charge >= 0.3 is 5.97 Å². The maximum Gasteiger partial charge on any atom is 0.322 e. The highest BCUT2D eigenvalue weighted by Gasteiger charge is 2.38. The Hall–Kier alpha value is -1.63. The molecular weight excluding hydrogens is 250 g/mol. The Morgan fingerprint density at radius 1 is 1.37 bits per heavy atom. The van der Waals surface area contributed by atoms with E-state index in [1.54, 1.807) is 11.8 Å². The van der Waals surface area contributed by atoms with Crippen LogP contribution in [0.25, 0.3) is 0 Å². The molecule has 7 heteroatoms. The predicted octanol–water partition coefficient (Wildman–Crippen LogP) is -1.12. The summed E-state index contributed by atoms with van der Waals surface area (Å²) in [6.45, 7) is 3.13. The van der Waals surface area contributed by atoms with Gasteiger partial charge in [0.05, 0.1) is 12.6 Å². The largest absolute Gasteiger partial charge is 0.480 e. The Balaban J connectivity index is 2.09. The first-order valence-electron chi connectivity index (χ1n) is 6.54. The molecule has 0 radical (unpaired) electrons. The van der Waals surface area contributed by atoms with E-state index in [0.29, 0.717) is 0 Å². The van der Waals surface area contributed by atoms with Crippen molar-refractivity contribution in [1.29, 1.82) is 0 Å². The van der Waals surface area contributed by atoms with Gasteiger partial charge in [0.15, 0.2) is 0 Å². The van der Waals surface area contributed by atoms with Crippen LogP contribution in [0.2, 0.25) is 0 Å². The van der Waals surface area contributed by atoms with Crippen LogP contribution in [0.1, 0.15) is 19.8 Å². The van der Waals surface area contributed by atoms with Gasteiger partial charge in [-0.1, -0.05) is 0 Å². The molecule has 2 rings (SSSR count). The smallest absolute Gasteiger partial charge is 0.322 e. The lowest BCUT2D eigenvalue weighted by molar-refractivity contribution is -0.150. The van der Waals surface area contributed by atoms with Gasteiger partial charge in [0.1, 0.15) is 6.04 Å². The van der Waals surface area contributed by atoms with Gasteiger partial charge in [-0.2, -0.15) is 0 Å². The van der Waals surface area contributed by atoms with Crippen molar-refractivity contribution in [2.24, 2.45) is 0 Å². The van der Waals surface area contributed by atoms with Crippen LogP contribution in [-0.4, -0.2) is 71.0 Å². The van der Waals surface area contributed by atoms with Crippen LogP contribution in [0.15, 0.2) is 0 Å². The first kappa shape index (κ1) is 13.8. The number of rotatable bonds is 3. The number of nitrogens with one attached hydrogen (secondary N) is 1. The van der Waals surface area contributed by atoms with Gasteiger partial charge in [-0.3, -0.25) is 19.3 Å². The van der Waals surface area contributed by atoms with Crippen molar-refractivity contribution < 1.29 is 19.5 Å². The molecule has 0 aromatic heterocycles. The molecule has 0 spiro atoms. The van der Waals surface area contributed by atoms with Crippen LogP contribution in [0.3, 0.4) is 0 Å². The molecule has 2 unspecified atom stereocenters. The summed E-state index contributed by atoms with van der Waals surface area (Å²) in [5.74, 6) is -1.34. The molecule has 0 aromatic carbocycles. The molecule has 2 aliphatic rings. The van der Waals surface area contributed by atoms with E-state index >= 15 is 0 Å². The van der Waals surface area contributed by atoms with Crippen LogP contribution in [0, 0.1) is 0 Å². The van der Waals surface area contributed by atoms with E-state index in [4.69, 9.17) is 0 Å². The van der Waals surface area contributed by atoms with Gasteiger partial charge in [0.2, 0.25) is 11.8 Å². The lowest BCUT2D eigenvalue weighted by Crippen LogP contribution is -2.62. The first-order valence-corrected chi connectivity index (χ1v) is 6.54. The molecular formula is C12H19N3O4. The third kappa shape index (κ3) is 2.86. The van der Waals surface area contributed by atoms with Crippen LogP contribution in [0.4, 0.5) is 0 Å². The number of aliphatic carboxylic acids is 1. The maximum atomic E-state index is 12.3. The average Bonchev–Trinajstić information content (AvgIpc) is 2.90. The number of carboxylic acids is 1. The Kier molecular flexibility index (Phi) is 4.04. The zero-order valence-corrected chi connectivity index (χ0v) is 11.0. The van der Waals surface area contributed by atoms with Crippen LogP contribution in [-0.2, 0) is 14.4 Å². The molecule has 2 saturated heterocycles. The molecule has 2 aliphatic heterocycles. The molecule has 0 aromatic rings. The van der Waals surface area contributed by atoms with E-state index in [1.165, 1.54) is 4.90 Å². The van der Waals surface area contributed by atoms with Crippen LogP contribution in [0.5, 0.6) is 0 Å². The second kappa shape index (κ2) is 5.56. The van der Waals surface area contributed by atoms with Crippen molar-refractivity contribution in [1.82, 2.24) is 15.1 Å². The monoisotopic (exact) mass is 269 g/mol. The summed E-state index contributed by atoms with van der Waals surface area (Å²) in [6, 6.07) is -1.41. The van der Waals surface area contributed by atoms with Crippen LogP contribution >= 0.6 is 0 Å². The number of carboxylic acid groups (broad SMARTS) is 1. The van der Waals surface area contributed by atoms with Crippen molar-refractivity contribution in [2.45, 2.75) is 31.8 Å². The lowest BCUT2D eigenvalue weighted by Gasteiger charge is -2.37. The van der Waals surface area contributed by atoms with Crippen molar-refractivity contribution in [3.8, 4) is 0 Å². The maximum absolute atomic E-state index is 12.3. The van der Waals surface area contributed by atoms with E-state index in [1.807, 2.05) is 0 Å². The summed E-state index contributed by atoms with van der Waals surface area (Å²) in [4.78, 5) is 38.1. The number of piperazine rings is 1. The predicted molar refractivity (Wildman–Crippen MR) is 66.4 cm³/mol. The Morgan fingerprint density at radius 2 is 2.00 bits per heavy atom. The standard InChI is InChI=1S/C12H19N3O4/c1-8(11(17)14-4-2-3-5-14)15-7-10(16)13-6-9(15)12(18)19/h8-9H,2-7H2,1H3,(H,13,16)(H,18,19). The van der Waals surface area contributed by atoms with Gasteiger partial charge < -0.3 is 15.3 Å². The third-order valence-electron chi connectivity index (χ3n) is 3.78. The second-order valence-corrected chi connectivity index (χ2v) is 5.04. The zero-order chi connectivity index (χ0) is 14.0. The molecule has 2 fully saturated rings. The first-order chi connectivity index (χ1) is 9.00. The van der Waals surface area contributed by atoms with E-state index in [-0.39, 0.29) is 24.9 Å². The minimum absolute atomic E-state index is 0.0439. The van der Waals surface area contributed by atoms with Gasteiger partial charge in [-0.05, 0) is 19.8 Å². The van der Waals surface area contributed by atoms with Crippen LogP contribution < -0.4 is 5.32 Å². The average molecular weight is 269 g/mol. The molecule has 19 heavy (non-hydrogen) atoms. The third-order valence-corrected chi connectivity index (χ3v) is 3.78. The van der Waals surface area contributed by atoms with E-state index < -0.39 is 18.1 Å². The molecule has 7 nitrogen and oxygen atoms in total. The SMILES string of the molecule is CC(C(=O)N1CCCC1)N1CC(=O)NCC1C(=O)O. The summed E-state index contributed by atoms with van der Waals surface area (Å²) in [5, 5.41) is 11.7. The summed E-state index contributed by atoms with van der Waals surface area (Å²) in [7, 11) is 0. The molecule has 2 atom stereocenters. The number of nitrogens with zero attached hydrogens (tertiary/aromatic N) is 2. The lowest BCUT2D eigenvalue weighted by atomic mass is 10.1. The van der Waals surface area contributed by atoms with Gasteiger partial charge in [-0.15, -0.1) is 0 Å². The summed E-state index contributed by atoms with van der Waals surface area (Å²) in [6.07, 6.45) is 1.97. The fourth-order valence-electron chi connectivity index (χ4n) is 2.64. The zero-order valence-electron chi connectivity index (χ0n) is 11.0. The van der Waals surface area contributed by atoms with Crippen molar-refractivity contribution in [2.75, 3.05) is 26.2 Å². The topological polar surface area (TPSA) is 90.0 Å². The number of likely N-dealkylation sites (tertiary alicyclic amines) is 1. The van der Waals surface area contributed by atoms with Crippen molar-refractivity contribution >= 4 is 17.8 Å². The Morgan fingerprint density at radius 3 is 2.58 bits per heavy atom. The number of carbonyl (C=O) groups is 3. The minimum atomic E-state index is -1.01. The molecule has 2 N–H and O–H groups in total. The fraction of sp³-hybridized carbons (Fsp3) is 0.750. The number of amides is 2. The normalized spacial score (nSPS) is 26.1. The number of carbonyl (C=O) groups excluding carboxylic acids is 2.